The second-order valence-electron chi connectivity index (χ2n) is 5.72. The van der Waals surface area contributed by atoms with Crippen LogP contribution in [0, 0.1) is 20.2 Å². The quantitative estimate of drug-likeness (QED) is 0.401. The van der Waals surface area contributed by atoms with E-state index in [2.05, 4.69) is 5.32 Å². The van der Waals surface area contributed by atoms with Crippen LogP contribution in [0.2, 0.25) is 0 Å². The Balaban J connectivity index is 2.09. The highest BCUT2D eigenvalue weighted by Crippen LogP contribution is 2.28. The number of benzene rings is 2. The SMILES string of the molecule is CCOc1ccc(C(=O)OC(C)C(=O)Nc2cccc([N+](=O)[O-])c2)cc1[N+](=O)[O-]. The Hall–Kier alpha value is -4.02. The predicted molar refractivity (Wildman–Crippen MR) is 101 cm³/mol. The largest absolute Gasteiger partial charge is 0.487 e. The first-order valence-corrected chi connectivity index (χ1v) is 8.40. The lowest BCUT2D eigenvalue weighted by atomic mass is 10.2. The molecule has 0 heterocycles. The molecule has 0 aliphatic heterocycles. The minimum absolute atomic E-state index is 0.00511. The molecule has 1 unspecified atom stereocenters. The smallest absolute Gasteiger partial charge is 0.339 e. The van der Waals surface area contributed by atoms with Crippen molar-refractivity contribution in [2.24, 2.45) is 0 Å². The average molecular weight is 403 g/mol. The number of amides is 1. The van der Waals surface area contributed by atoms with Gasteiger partial charge in [-0.3, -0.25) is 25.0 Å². The molecule has 0 fully saturated rings. The van der Waals surface area contributed by atoms with Crippen LogP contribution in [0.15, 0.2) is 42.5 Å². The van der Waals surface area contributed by atoms with E-state index in [1.165, 1.54) is 37.3 Å². The van der Waals surface area contributed by atoms with E-state index in [1.54, 1.807) is 6.92 Å². The van der Waals surface area contributed by atoms with E-state index in [9.17, 15) is 29.8 Å². The first-order chi connectivity index (χ1) is 13.7. The van der Waals surface area contributed by atoms with E-state index < -0.39 is 33.5 Å². The molecule has 1 amide bonds. The predicted octanol–water partition coefficient (Wildman–Crippen LogP) is 3.09. The monoisotopic (exact) mass is 403 g/mol. The van der Waals surface area contributed by atoms with E-state index in [0.29, 0.717) is 0 Å². The Kier molecular flexibility index (Phi) is 6.80. The molecule has 1 N–H and O–H groups in total. The van der Waals surface area contributed by atoms with Crippen molar-refractivity contribution in [3.05, 3.63) is 68.3 Å². The van der Waals surface area contributed by atoms with Crippen LogP contribution in [0.25, 0.3) is 0 Å². The van der Waals surface area contributed by atoms with Crippen LogP contribution in [-0.4, -0.2) is 34.4 Å². The van der Waals surface area contributed by atoms with Crippen molar-refractivity contribution < 1.29 is 28.9 Å². The highest BCUT2D eigenvalue weighted by molar-refractivity contribution is 5.97. The molecular formula is C18H17N3O8. The molecule has 0 spiro atoms. The van der Waals surface area contributed by atoms with E-state index in [4.69, 9.17) is 9.47 Å². The van der Waals surface area contributed by atoms with Crippen LogP contribution >= 0.6 is 0 Å². The molecule has 1 atom stereocenters. The molecular weight excluding hydrogens is 386 g/mol. The van der Waals surface area contributed by atoms with Gasteiger partial charge in [0.05, 0.1) is 22.0 Å². The zero-order valence-corrected chi connectivity index (χ0v) is 15.5. The summed E-state index contributed by atoms with van der Waals surface area (Å²) in [6.07, 6.45) is -1.26. The summed E-state index contributed by atoms with van der Waals surface area (Å²) < 4.78 is 10.2. The van der Waals surface area contributed by atoms with Crippen molar-refractivity contribution in [3.63, 3.8) is 0 Å². The molecule has 0 saturated carbocycles. The number of nitro groups is 2. The maximum absolute atomic E-state index is 12.2. The Morgan fingerprint density at radius 3 is 2.45 bits per heavy atom. The number of ether oxygens (including phenoxy) is 2. The van der Waals surface area contributed by atoms with Crippen LogP contribution in [0.4, 0.5) is 17.1 Å². The summed E-state index contributed by atoms with van der Waals surface area (Å²) in [6, 6.07) is 8.80. The number of carbonyl (C=O) groups excluding carboxylic acids is 2. The number of esters is 1. The molecule has 0 radical (unpaired) electrons. The summed E-state index contributed by atoms with van der Waals surface area (Å²) in [7, 11) is 0. The zero-order chi connectivity index (χ0) is 21.6. The fourth-order valence-corrected chi connectivity index (χ4v) is 2.29. The Morgan fingerprint density at radius 1 is 1.10 bits per heavy atom. The number of nitrogens with zero attached hydrogens (tertiary/aromatic N) is 2. The van der Waals surface area contributed by atoms with Gasteiger partial charge in [0.2, 0.25) is 0 Å². The summed E-state index contributed by atoms with van der Waals surface area (Å²) in [4.78, 5) is 45.0. The highest BCUT2D eigenvalue weighted by Gasteiger charge is 2.23. The van der Waals surface area contributed by atoms with Crippen molar-refractivity contribution in [1.29, 1.82) is 0 Å². The fraction of sp³-hybridized carbons (Fsp3) is 0.222. The second kappa shape index (κ2) is 9.26. The van der Waals surface area contributed by atoms with Crippen molar-refractivity contribution >= 4 is 28.9 Å². The summed E-state index contributed by atoms with van der Waals surface area (Å²) in [5, 5.41) is 24.3. The van der Waals surface area contributed by atoms with E-state index in [1.807, 2.05) is 0 Å². The number of non-ortho nitro benzene ring substituents is 1. The van der Waals surface area contributed by atoms with Crippen molar-refractivity contribution in [2.45, 2.75) is 20.0 Å². The maximum atomic E-state index is 12.2. The minimum atomic E-state index is -1.26. The Labute approximate surface area is 164 Å². The molecule has 2 aromatic carbocycles. The minimum Gasteiger partial charge on any atom is -0.487 e. The van der Waals surface area contributed by atoms with Crippen molar-refractivity contribution in [3.8, 4) is 5.75 Å². The van der Waals surface area contributed by atoms with E-state index in [-0.39, 0.29) is 29.3 Å². The fourth-order valence-electron chi connectivity index (χ4n) is 2.29. The number of rotatable bonds is 8. The molecule has 11 heteroatoms. The second-order valence-corrected chi connectivity index (χ2v) is 5.72. The van der Waals surface area contributed by atoms with Gasteiger partial charge in [-0.2, -0.15) is 0 Å². The van der Waals surface area contributed by atoms with Crippen LogP contribution in [-0.2, 0) is 9.53 Å². The molecule has 0 saturated heterocycles. The van der Waals surface area contributed by atoms with Gasteiger partial charge in [0.25, 0.3) is 11.6 Å². The normalized spacial score (nSPS) is 11.2. The van der Waals surface area contributed by atoms with Crippen LogP contribution in [0.1, 0.15) is 24.2 Å². The first-order valence-electron chi connectivity index (χ1n) is 8.40. The highest BCUT2D eigenvalue weighted by atomic mass is 16.6. The van der Waals surface area contributed by atoms with Crippen LogP contribution < -0.4 is 10.1 Å². The number of nitro benzene ring substituents is 2. The number of hydrogen-bond donors (Lipinski definition) is 1. The maximum Gasteiger partial charge on any atom is 0.339 e. The third kappa shape index (κ3) is 5.48. The Morgan fingerprint density at radius 2 is 1.83 bits per heavy atom. The summed E-state index contributed by atoms with van der Waals surface area (Å²) in [5.41, 5.74) is -0.594. The van der Waals surface area contributed by atoms with Gasteiger partial charge in [-0.05, 0) is 32.0 Å². The lowest BCUT2D eigenvalue weighted by Crippen LogP contribution is -2.30. The standard InChI is InChI=1S/C18H17N3O8/c1-3-28-16-8-7-12(9-15(16)21(26)27)18(23)29-11(2)17(22)19-13-5-4-6-14(10-13)20(24)25/h4-11H,3H2,1-2H3,(H,19,22). The molecule has 2 aromatic rings. The van der Waals surface area contributed by atoms with Gasteiger partial charge in [0.15, 0.2) is 11.9 Å². The molecule has 11 nitrogen and oxygen atoms in total. The molecule has 152 valence electrons. The molecule has 29 heavy (non-hydrogen) atoms. The van der Waals surface area contributed by atoms with Gasteiger partial charge in [0.1, 0.15) is 0 Å². The van der Waals surface area contributed by atoms with Crippen molar-refractivity contribution in [1.82, 2.24) is 0 Å². The van der Waals surface area contributed by atoms with Gasteiger partial charge >= 0.3 is 11.7 Å². The topological polar surface area (TPSA) is 151 Å². The molecule has 0 aliphatic rings. The Bertz CT molecular complexity index is 960. The molecule has 0 bridgehead atoms. The lowest BCUT2D eigenvalue weighted by Gasteiger charge is -2.14. The number of hydrogen-bond acceptors (Lipinski definition) is 8. The van der Waals surface area contributed by atoms with Gasteiger partial charge in [-0.1, -0.05) is 6.07 Å². The zero-order valence-electron chi connectivity index (χ0n) is 15.5. The molecule has 0 aliphatic carbocycles. The van der Waals surface area contributed by atoms with Crippen LogP contribution in [0.5, 0.6) is 5.75 Å². The van der Waals surface area contributed by atoms with Gasteiger partial charge in [0, 0.05) is 23.9 Å². The summed E-state index contributed by atoms with van der Waals surface area (Å²) in [5.74, 6) is -1.66. The van der Waals surface area contributed by atoms with Gasteiger partial charge in [-0.25, -0.2) is 4.79 Å². The average Bonchev–Trinajstić information content (AvgIpc) is 2.68. The molecule has 0 aromatic heterocycles. The lowest BCUT2D eigenvalue weighted by molar-refractivity contribution is -0.385. The van der Waals surface area contributed by atoms with E-state index >= 15 is 0 Å². The summed E-state index contributed by atoms with van der Waals surface area (Å²) >= 11 is 0. The molecule has 2 rings (SSSR count). The number of nitrogens with one attached hydrogen (secondary N) is 1. The van der Waals surface area contributed by atoms with Gasteiger partial charge in [-0.15, -0.1) is 0 Å². The van der Waals surface area contributed by atoms with Crippen molar-refractivity contribution in [2.75, 3.05) is 11.9 Å². The third-order valence-corrected chi connectivity index (χ3v) is 3.67. The summed E-state index contributed by atoms with van der Waals surface area (Å²) in [6.45, 7) is 3.17. The van der Waals surface area contributed by atoms with Crippen LogP contribution in [0.3, 0.4) is 0 Å². The first kappa shape index (κ1) is 21.3. The number of carbonyl (C=O) groups is 2. The van der Waals surface area contributed by atoms with E-state index in [0.717, 1.165) is 12.1 Å². The number of anilines is 1. The van der Waals surface area contributed by atoms with Gasteiger partial charge < -0.3 is 14.8 Å². The third-order valence-electron chi connectivity index (χ3n) is 3.67.